The van der Waals surface area contributed by atoms with Gasteiger partial charge in [0.15, 0.2) is 0 Å². The summed E-state index contributed by atoms with van der Waals surface area (Å²) in [5, 5.41) is 6.24. The zero-order chi connectivity index (χ0) is 10.9. The number of hydrogen-bond acceptors (Lipinski definition) is 2. The van der Waals surface area contributed by atoms with Crippen LogP contribution in [0.15, 0.2) is 0 Å². The van der Waals surface area contributed by atoms with Gasteiger partial charge in [0.25, 0.3) is 0 Å². The molecule has 0 saturated heterocycles. The molecule has 0 aliphatic heterocycles. The molecule has 3 nitrogen and oxygen atoms in total. The van der Waals surface area contributed by atoms with E-state index >= 15 is 0 Å². The Hall–Kier alpha value is -0.570. The van der Waals surface area contributed by atoms with Crippen LogP contribution in [0.1, 0.15) is 51.9 Å². The molecular weight excluding hydrogens is 188 g/mol. The van der Waals surface area contributed by atoms with E-state index < -0.39 is 0 Å². The minimum absolute atomic E-state index is 0.140. The van der Waals surface area contributed by atoms with Crippen molar-refractivity contribution in [1.82, 2.24) is 10.6 Å². The standard InChI is InChI=1S/C12H24N2O/c1-2-9-13-12(15)10-14-11-7-5-3-4-6-8-11/h11,14H,2-10H2,1H3,(H,13,15). The first-order chi connectivity index (χ1) is 7.33. The summed E-state index contributed by atoms with van der Waals surface area (Å²) in [7, 11) is 0. The molecule has 0 aromatic carbocycles. The summed E-state index contributed by atoms with van der Waals surface area (Å²) >= 11 is 0. The fourth-order valence-electron chi connectivity index (χ4n) is 2.05. The van der Waals surface area contributed by atoms with Crippen molar-refractivity contribution in [2.45, 2.75) is 57.9 Å². The van der Waals surface area contributed by atoms with Crippen molar-refractivity contribution in [3.63, 3.8) is 0 Å². The second kappa shape index (κ2) is 7.69. The van der Waals surface area contributed by atoms with Gasteiger partial charge >= 0.3 is 0 Å². The molecule has 0 bridgehead atoms. The van der Waals surface area contributed by atoms with Gasteiger partial charge in [0.2, 0.25) is 5.91 Å². The third kappa shape index (κ3) is 5.78. The zero-order valence-corrected chi connectivity index (χ0v) is 9.85. The normalized spacial score (nSPS) is 18.5. The van der Waals surface area contributed by atoms with Gasteiger partial charge in [0.05, 0.1) is 6.54 Å². The van der Waals surface area contributed by atoms with E-state index in [1.807, 2.05) is 0 Å². The van der Waals surface area contributed by atoms with E-state index in [0.29, 0.717) is 12.6 Å². The van der Waals surface area contributed by atoms with E-state index in [9.17, 15) is 4.79 Å². The Labute approximate surface area is 93.0 Å². The topological polar surface area (TPSA) is 41.1 Å². The van der Waals surface area contributed by atoms with Crippen molar-refractivity contribution < 1.29 is 4.79 Å². The fraction of sp³-hybridized carbons (Fsp3) is 0.917. The lowest BCUT2D eigenvalue weighted by atomic mass is 10.1. The van der Waals surface area contributed by atoms with Crippen molar-refractivity contribution in [2.75, 3.05) is 13.1 Å². The molecule has 0 radical (unpaired) electrons. The maximum atomic E-state index is 11.4. The fourth-order valence-corrected chi connectivity index (χ4v) is 2.05. The first-order valence-electron chi connectivity index (χ1n) is 6.33. The number of amides is 1. The maximum absolute atomic E-state index is 11.4. The summed E-state index contributed by atoms with van der Waals surface area (Å²) in [6.07, 6.45) is 8.83. The molecule has 0 aromatic heterocycles. The van der Waals surface area contributed by atoms with Crippen molar-refractivity contribution in [3.8, 4) is 0 Å². The van der Waals surface area contributed by atoms with E-state index in [2.05, 4.69) is 17.6 Å². The van der Waals surface area contributed by atoms with E-state index in [1.165, 1.54) is 38.5 Å². The lowest BCUT2D eigenvalue weighted by Gasteiger charge is -2.15. The van der Waals surface area contributed by atoms with Gasteiger partial charge in [-0.25, -0.2) is 0 Å². The van der Waals surface area contributed by atoms with Gasteiger partial charge in [-0.1, -0.05) is 32.6 Å². The van der Waals surface area contributed by atoms with Crippen LogP contribution in [0.3, 0.4) is 0 Å². The average molecular weight is 212 g/mol. The summed E-state index contributed by atoms with van der Waals surface area (Å²) in [4.78, 5) is 11.4. The van der Waals surface area contributed by atoms with Crippen molar-refractivity contribution in [3.05, 3.63) is 0 Å². The Morgan fingerprint density at radius 1 is 1.20 bits per heavy atom. The highest BCUT2D eigenvalue weighted by Crippen LogP contribution is 2.16. The predicted molar refractivity (Wildman–Crippen MR) is 62.8 cm³/mol. The van der Waals surface area contributed by atoms with Crippen LogP contribution in [0.2, 0.25) is 0 Å². The number of carbonyl (C=O) groups is 1. The number of carbonyl (C=O) groups excluding carboxylic acids is 1. The number of rotatable bonds is 5. The van der Waals surface area contributed by atoms with Crippen molar-refractivity contribution >= 4 is 5.91 Å². The van der Waals surface area contributed by atoms with E-state index in [-0.39, 0.29) is 5.91 Å². The molecule has 1 amide bonds. The highest BCUT2D eigenvalue weighted by atomic mass is 16.1. The number of nitrogens with one attached hydrogen (secondary N) is 2. The highest BCUT2D eigenvalue weighted by molar-refractivity contribution is 5.77. The quantitative estimate of drug-likeness (QED) is 0.683. The molecule has 0 unspecified atom stereocenters. The molecule has 15 heavy (non-hydrogen) atoms. The van der Waals surface area contributed by atoms with Crippen LogP contribution in [0, 0.1) is 0 Å². The second-order valence-corrected chi connectivity index (χ2v) is 4.42. The molecule has 1 fully saturated rings. The van der Waals surface area contributed by atoms with Gasteiger partial charge in [0.1, 0.15) is 0 Å². The lowest BCUT2D eigenvalue weighted by Crippen LogP contribution is -2.39. The number of hydrogen-bond donors (Lipinski definition) is 2. The molecule has 1 aliphatic carbocycles. The van der Waals surface area contributed by atoms with Gasteiger partial charge in [-0.05, 0) is 19.3 Å². The van der Waals surface area contributed by atoms with Gasteiger partial charge < -0.3 is 10.6 Å². The van der Waals surface area contributed by atoms with E-state index in [0.717, 1.165) is 13.0 Å². The molecule has 88 valence electrons. The van der Waals surface area contributed by atoms with Crippen molar-refractivity contribution in [2.24, 2.45) is 0 Å². The molecule has 1 aliphatic rings. The van der Waals surface area contributed by atoms with Gasteiger partial charge in [-0.3, -0.25) is 4.79 Å². The third-order valence-corrected chi connectivity index (χ3v) is 2.98. The largest absolute Gasteiger partial charge is 0.355 e. The van der Waals surface area contributed by atoms with E-state index in [1.54, 1.807) is 0 Å². The molecular formula is C12H24N2O. The Morgan fingerprint density at radius 3 is 2.47 bits per heavy atom. The molecule has 0 atom stereocenters. The SMILES string of the molecule is CCCNC(=O)CNC1CCCCCC1. The van der Waals surface area contributed by atoms with Crippen LogP contribution in [-0.2, 0) is 4.79 Å². The summed E-state index contributed by atoms with van der Waals surface area (Å²) in [5.41, 5.74) is 0. The van der Waals surface area contributed by atoms with Crippen LogP contribution < -0.4 is 10.6 Å². The van der Waals surface area contributed by atoms with Crippen LogP contribution in [0.5, 0.6) is 0 Å². The van der Waals surface area contributed by atoms with Crippen LogP contribution in [-0.4, -0.2) is 25.0 Å². The molecule has 0 spiro atoms. The van der Waals surface area contributed by atoms with Crippen LogP contribution in [0.25, 0.3) is 0 Å². The second-order valence-electron chi connectivity index (χ2n) is 4.42. The zero-order valence-electron chi connectivity index (χ0n) is 9.85. The molecule has 0 aromatic rings. The highest BCUT2D eigenvalue weighted by Gasteiger charge is 2.12. The maximum Gasteiger partial charge on any atom is 0.233 e. The van der Waals surface area contributed by atoms with Crippen LogP contribution in [0.4, 0.5) is 0 Å². The average Bonchev–Trinajstić information content (AvgIpc) is 2.51. The smallest absolute Gasteiger partial charge is 0.233 e. The van der Waals surface area contributed by atoms with Gasteiger partial charge in [-0.2, -0.15) is 0 Å². The molecule has 0 heterocycles. The van der Waals surface area contributed by atoms with Crippen LogP contribution >= 0.6 is 0 Å². The van der Waals surface area contributed by atoms with E-state index in [4.69, 9.17) is 0 Å². The van der Waals surface area contributed by atoms with Gasteiger partial charge in [-0.15, -0.1) is 0 Å². The first-order valence-corrected chi connectivity index (χ1v) is 6.33. The Kier molecular flexibility index (Phi) is 6.41. The summed E-state index contributed by atoms with van der Waals surface area (Å²) in [5.74, 6) is 0.140. The minimum atomic E-state index is 0.140. The predicted octanol–water partition coefficient (Wildman–Crippen LogP) is 1.82. The Bertz CT molecular complexity index is 174. The van der Waals surface area contributed by atoms with Crippen molar-refractivity contribution in [1.29, 1.82) is 0 Å². The third-order valence-electron chi connectivity index (χ3n) is 2.98. The Morgan fingerprint density at radius 2 is 1.87 bits per heavy atom. The molecule has 1 saturated carbocycles. The molecule has 3 heteroatoms. The monoisotopic (exact) mass is 212 g/mol. The molecule has 1 rings (SSSR count). The summed E-state index contributed by atoms with van der Waals surface area (Å²) in [6, 6.07) is 0.569. The lowest BCUT2D eigenvalue weighted by molar-refractivity contribution is -0.120. The summed E-state index contributed by atoms with van der Waals surface area (Å²) < 4.78 is 0. The Balaban J connectivity index is 2.09. The van der Waals surface area contributed by atoms with Gasteiger partial charge in [0, 0.05) is 12.6 Å². The molecule has 2 N–H and O–H groups in total. The minimum Gasteiger partial charge on any atom is -0.355 e. The summed E-state index contributed by atoms with van der Waals surface area (Å²) in [6.45, 7) is 3.36. The first kappa shape index (κ1) is 12.5.